The molecule has 0 spiro atoms. The number of carbonyl (C=O) groups excluding carboxylic acids is 1. The van der Waals surface area contributed by atoms with Gasteiger partial charge in [-0.1, -0.05) is 12.8 Å². The lowest BCUT2D eigenvalue weighted by Crippen LogP contribution is -2.48. The van der Waals surface area contributed by atoms with E-state index in [4.69, 9.17) is 4.74 Å². The zero-order valence-corrected chi connectivity index (χ0v) is 10.9. The lowest BCUT2D eigenvalue weighted by atomic mass is 10.2. The summed E-state index contributed by atoms with van der Waals surface area (Å²) < 4.78 is 4.88. The number of rotatable bonds is 6. The predicted octanol–water partition coefficient (Wildman–Crippen LogP) is 1.15. The Bertz CT molecular complexity index is 260. The molecule has 0 bridgehead atoms. The molecule has 0 saturated heterocycles. The fourth-order valence-corrected chi connectivity index (χ4v) is 2.65. The third kappa shape index (κ3) is 3.68. The molecule has 2 rings (SSSR count). The fraction of sp³-hybridized carbons (Fsp3) is 0.923. The zero-order valence-electron chi connectivity index (χ0n) is 10.9. The van der Waals surface area contributed by atoms with Crippen LogP contribution < -0.4 is 5.32 Å². The topological polar surface area (TPSA) is 41.6 Å². The maximum Gasteiger partial charge on any atom is 0.324 e. The van der Waals surface area contributed by atoms with Crippen LogP contribution in [0.2, 0.25) is 0 Å². The summed E-state index contributed by atoms with van der Waals surface area (Å²) in [6.07, 6.45) is 7.59. The van der Waals surface area contributed by atoms with Crippen molar-refractivity contribution in [2.45, 2.75) is 56.7 Å². The first-order valence-electron chi connectivity index (χ1n) is 6.75. The van der Waals surface area contributed by atoms with Crippen LogP contribution >= 0.6 is 0 Å². The van der Waals surface area contributed by atoms with E-state index in [0.29, 0.717) is 12.1 Å². The Morgan fingerprint density at radius 1 is 1.35 bits per heavy atom. The molecule has 0 amide bonds. The fourth-order valence-electron chi connectivity index (χ4n) is 2.65. The number of hydrogen-bond acceptors (Lipinski definition) is 4. The molecule has 2 saturated carbocycles. The van der Waals surface area contributed by atoms with Gasteiger partial charge in [-0.3, -0.25) is 4.79 Å². The minimum absolute atomic E-state index is 0.123. The molecule has 0 aromatic carbocycles. The number of nitrogens with one attached hydrogen (secondary N) is 1. The van der Waals surface area contributed by atoms with Gasteiger partial charge in [0.2, 0.25) is 0 Å². The first-order valence-corrected chi connectivity index (χ1v) is 6.75. The van der Waals surface area contributed by atoms with Crippen LogP contribution in [0.4, 0.5) is 0 Å². The monoisotopic (exact) mass is 240 g/mol. The SMILES string of the molecule is COC(=O)C(CN(C)C1CCCC1)NC1CC1. The Balaban J connectivity index is 1.83. The molecule has 4 nitrogen and oxygen atoms in total. The van der Waals surface area contributed by atoms with Crippen LogP contribution in [0.25, 0.3) is 0 Å². The van der Waals surface area contributed by atoms with E-state index in [0.717, 1.165) is 6.54 Å². The zero-order chi connectivity index (χ0) is 12.3. The third-order valence-electron chi connectivity index (χ3n) is 3.92. The van der Waals surface area contributed by atoms with Crippen LogP contribution in [0.3, 0.4) is 0 Å². The molecule has 0 radical (unpaired) electrons. The second-order valence-electron chi connectivity index (χ2n) is 5.39. The number of nitrogens with zero attached hydrogens (tertiary/aromatic N) is 1. The van der Waals surface area contributed by atoms with Crippen molar-refractivity contribution in [3.63, 3.8) is 0 Å². The molecule has 2 aliphatic carbocycles. The van der Waals surface area contributed by atoms with E-state index in [-0.39, 0.29) is 12.0 Å². The summed E-state index contributed by atoms with van der Waals surface area (Å²) in [5.74, 6) is -0.123. The van der Waals surface area contributed by atoms with Gasteiger partial charge in [-0.05, 0) is 32.7 Å². The molecule has 2 aliphatic rings. The molecule has 4 heteroatoms. The summed E-state index contributed by atoms with van der Waals surface area (Å²) in [5.41, 5.74) is 0. The quantitative estimate of drug-likeness (QED) is 0.707. The normalized spacial score (nSPS) is 23.0. The van der Waals surface area contributed by atoms with Crippen molar-refractivity contribution in [2.75, 3.05) is 20.7 Å². The van der Waals surface area contributed by atoms with Gasteiger partial charge in [0, 0.05) is 18.6 Å². The van der Waals surface area contributed by atoms with Crippen LogP contribution in [-0.2, 0) is 9.53 Å². The summed E-state index contributed by atoms with van der Waals surface area (Å²) in [6, 6.07) is 1.04. The van der Waals surface area contributed by atoms with Crippen molar-refractivity contribution in [3.8, 4) is 0 Å². The van der Waals surface area contributed by atoms with E-state index in [1.165, 1.54) is 45.6 Å². The van der Waals surface area contributed by atoms with Crippen molar-refractivity contribution < 1.29 is 9.53 Å². The highest BCUT2D eigenvalue weighted by molar-refractivity contribution is 5.76. The first kappa shape index (κ1) is 12.8. The summed E-state index contributed by atoms with van der Waals surface area (Å²) in [7, 11) is 3.60. The number of likely N-dealkylation sites (N-methyl/N-ethyl adjacent to an activating group) is 1. The highest BCUT2D eigenvalue weighted by Crippen LogP contribution is 2.23. The Hall–Kier alpha value is -0.610. The van der Waals surface area contributed by atoms with Crippen LogP contribution in [0.1, 0.15) is 38.5 Å². The van der Waals surface area contributed by atoms with Gasteiger partial charge >= 0.3 is 5.97 Å². The van der Waals surface area contributed by atoms with E-state index < -0.39 is 0 Å². The van der Waals surface area contributed by atoms with Crippen molar-refractivity contribution in [1.82, 2.24) is 10.2 Å². The number of ether oxygens (including phenoxy) is 1. The molecule has 0 aromatic rings. The number of hydrogen-bond donors (Lipinski definition) is 1. The van der Waals surface area contributed by atoms with Gasteiger partial charge in [0.25, 0.3) is 0 Å². The molecule has 1 N–H and O–H groups in total. The largest absolute Gasteiger partial charge is 0.468 e. The van der Waals surface area contributed by atoms with E-state index in [9.17, 15) is 4.79 Å². The van der Waals surface area contributed by atoms with E-state index in [2.05, 4.69) is 17.3 Å². The maximum atomic E-state index is 11.7. The van der Waals surface area contributed by atoms with Crippen LogP contribution in [0.15, 0.2) is 0 Å². The molecule has 0 heterocycles. The molecule has 0 aliphatic heterocycles. The first-order chi connectivity index (χ1) is 8.20. The average Bonchev–Trinajstić information content (AvgIpc) is 2.97. The van der Waals surface area contributed by atoms with Crippen molar-refractivity contribution in [3.05, 3.63) is 0 Å². The Morgan fingerprint density at radius 2 is 2.00 bits per heavy atom. The second-order valence-corrected chi connectivity index (χ2v) is 5.39. The standard InChI is InChI=1S/C13H24N2O2/c1-15(11-5-3-4-6-11)9-12(13(16)17-2)14-10-7-8-10/h10-12,14H,3-9H2,1-2H3. The molecule has 98 valence electrons. The van der Waals surface area contributed by atoms with Crippen molar-refractivity contribution in [2.24, 2.45) is 0 Å². The van der Waals surface area contributed by atoms with E-state index >= 15 is 0 Å². The minimum atomic E-state index is -0.155. The van der Waals surface area contributed by atoms with Gasteiger partial charge in [0.1, 0.15) is 6.04 Å². The predicted molar refractivity (Wildman–Crippen MR) is 66.8 cm³/mol. The van der Waals surface area contributed by atoms with E-state index in [1.807, 2.05) is 0 Å². The summed E-state index contributed by atoms with van der Waals surface area (Å²) in [5, 5.41) is 3.38. The molecular weight excluding hydrogens is 216 g/mol. The lowest BCUT2D eigenvalue weighted by molar-refractivity contribution is -0.143. The Kier molecular flexibility index (Phi) is 4.40. The third-order valence-corrected chi connectivity index (χ3v) is 3.92. The lowest BCUT2D eigenvalue weighted by Gasteiger charge is -2.28. The van der Waals surface area contributed by atoms with Gasteiger partial charge in [-0.15, -0.1) is 0 Å². The number of carbonyl (C=O) groups is 1. The molecule has 1 unspecified atom stereocenters. The molecule has 2 fully saturated rings. The van der Waals surface area contributed by atoms with Gasteiger partial charge in [-0.25, -0.2) is 0 Å². The van der Waals surface area contributed by atoms with Crippen LogP contribution in [-0.4, -0.2) is 49.7 Å². The van der Waals surface area contributed by atoms with Gasteiger partial charge < -0.3 is 15.0 Å². The molecule has 1 atom stereocenters. The van der Waals surface area contributed by atoms with Crippen LogP contribution in [0.5, 0.6) is 0 Å². The molecular formula is C13H24N2O2. The highest BCUT2D eigenvalue weighted by atomic mass is 16.5. The van der Waals surface area contributed by atoms with Crippen LogP contribution in [0, 0.1) is 0 Å². The smallest absolute Gasteiger partial charge is 0.324 e. The minimum Gasteiger partial charge on any atom is -0.468 e. The summed E-state index contributed by atoms with van der Waals surface area (Å²) in [6.45, 7) is 0.772. The second kappa shape index (κ2) is 5.83. The van der Waals surface area contributed by atoms with E-state index in [1.54, 1.807) is 0 Å². The van der Waals surface area contributed by atoms with Gasteiger partial charge in [0.15, 0.2) is 0 Å². The Labute approximate surface area is 104 Å². The average molecular weight is 240 g/mol. The highest BCUT2D eigenvalue weighted by Gasteiger charge is 2.31. The summed E-state index contributed by atoms with van der Waals surface area (Å²) in [4.78, 5) is 14.0. The number of methoxy groups -OCH3 is 1. The molecule has 17 heavy (non-hydrogen) atoms. The Morgan fingerprint density at radius 3 is 2.53 bits per heavy atom. The number of esters is 1. The summed E-state index contributed by atoms with van der Waals surface area (Å²) >= 11 is 0. The molecule has 0 aromatic heterocycles. The maximum absolute atomic E-state index is 11.7. The van der Waals surface area contributed by atoms with Gasteiger partial charge in [-0.2, -0.15) is 0 Å². The van der Waals surface area contributed by atoms with Crippen molar-refractivity contribution in [1.29, 1.82) is 0 Å². The van der Waals surface area contributed by atoms with Gasteiger partial charge in [0.05, 0.1) is 7.11 Å². The van der Waals surface area contributed by atoms with Crippen molar-refractivity contribution >= 4 is 5.97 Å².